The summed E-state index contributed by atoms with van der Waals surface area (Å²) in [6.45, 7) is 3.28. The van der Waals surface area contributed by atoms with Crippen molar-refractivity contribution in [1.29, 1.82) is 0 Å². The third-order valence-corrected chi connectivity index (χ3v) is 4.55. The zero-order chi connectivity index (χ0) is 22.3. The standard InChI is InChI=1S/C18H15Br2FN4O5/c1-10(6-17(26)22-15-8-12(25(28)29)3-4-14(15)21)23-24-18(27)9-30-16-5-2-11(19)7-13(16)20/h2-5,7-8,23H,1,6,9H2,(H,22,26)(H,24,27). The third-order valence-electron chi connectivity index (χ3n) is 3.44. The Hall–Kier alpha value is -2.99. The Labute approximate surface area is 187 Å². The van der Waals surface area contributed by atoms with Gasteiger partial charge in [-0.1, -0.05) is 22.5 Å². The van der Waals surface area contributed by atoms with E-state index in [4.69, 9.17) is 4.74 Å². The van der Waals surface area contributed by atoms with Gasteiger partial charge in [0.15, 0.2) is 6.61 Å². The summed E-state index contributed by atoms with van der Waals surface area (Å²) in [5.41, 5.74) is 4.16. The molecule has 0 bridgehead atoms. The molecule has 2 rings (SSSR count). The molecule has 0 aromatic heterocycles. The van der Waals surface area contributed by atoms with E-state index in [2.05, 4.69) is 54.6 Å². The summed E-state index contributed by atoms with van der Waals surface area (Å²) in [6, 6.07) is 7.95. The molecule has 0 atom stereocenters. The third kappa shape index (κ3) is 7.12. The van der Waals surface area contributed by atoms with Gasteiger partial charge in [0.25, 0.3) is 11.6 Å². The molecule has 2 amide bonds. The summed E-state index contributed by atoms with van der Waals surface area (Å²) in [6.07, 6.45) is -0.318. The van der Waals surface area contributed by atoms with Crippen LogP contribution in [-0.4, -0.2) is 23.3 Å². The van der Waals surface area contributed by atoms with Crippen LogP contribution in [0.25, 0.3) is 0 Å². The highest BCUT2D eigenvalue weighted by Crippen LogP contribution is 2.28. The van der Waals surface area contributed by atoms with E-state index in [-0.39, 0.29) is 30.1 Å². The summed E-state index contributed by atoms with van der Waals surface area (Å²) < 4.78 is 20.6. The predicted octanol–water partition coefficient (Wildman–Crippen LogP) is 3.80. The van der Waals surface area contributed by atoms with Gasteiger partial charge in [0.1, 0.15) is 11.6 Å². The minimum absolute atomic E-state index is 0.108. The number of ether oxygens (including phenoxy) is 1. The van der Waals surface area contributed by atoms with E-state index in [0.29, 0.717) is 10.2 Å². The Balaban J connectivity index is 1.78. The van der Waals surface area contributed by atoms with E-state index in [0.717, 1.165) is 22.7 Å². The second kappa shape index (κ2) is 10.7. The Morgan fingerprint density at radius 2 is 1.87 bits per heavy atom. The van der Waals surface area contributed by atoms with Crippen LogP contribution in [0.15, 0.2) is 57.6 Å². The SMILES string of the molecule is C=C(CC(=O)Nc1cc([N+](=O)[O-])ccc1F)NNC(=O)COc1ccc(Br)cc1Br. The van der Waals surface area contributed by atoms with Gasteiger partial charge in [-0.15, -0.1) is 0 Å². The number of hydrazine groups is 1. The zero-order valence-electron chi connectivity index (χ0n) is 15.2. The number of non-ortho nitro benzene ring substituents is 1. The molecule has 0 heterocycles. The number of halogens is 3. The molecule has 0 spiro atoms. The van der Waals surface area contributed by atoms with Gasteiger partial charge in [0, 0.05) is 22.3 Å². The van der Waals surface area contributed by atoms with Crippen LogP contribution in [0.5, 0.6) is 5.75 Å². The Morgan fingerprint density at radius 3 is 2.53 bits per heavy atom. The highest BCUT2D eigenvalue weighted by atomic mass is 79.9. The van der Waals surface area contributed by atoms with Crippen LogP contribution in [0.4, 0.5) is 15.8 Å². The van der Waals surface area contributed by atoms with E-state index in [1.807, 2.05) is 0 Å². The molecule has 12 heteroatoms. The first kappa shape index (κ1) is 23.3. The Morgan fingerprint density at radius 1 is 1.13 bits per heavy atom. The molecule has 0 unspecified atom stereocenters. The van der Waals surface area contributed by atoms with Crippen molar-refractivity contribution in [1.82, 2.24) is 10.9 Å². The number of nitrogens with one attached hydrogen (secondary N) is 3. The molecular weight excluding hydrogens is 531 g/mol. The van der Waals surface area contributed by atoms with Crippen molar-refractivity contribution in [2.75, 3.05) is 11.9 Å². The van der Waals surface area contributed by atoms with Crippen molar-refractivity contribution in [2.24, 2.45) is 0 Å². The van der Waals surface area contributed by atoms with E-state index in [1.54, 1.807) is 18.2 Å². The molecule has 30 heavy (non-hydrogen) atoms. The number of nitrogens with zero attached hydrogens (tertiary/aromatic N) is 1. The first-order chi connectivity index (χ1) is 14.2. The van der Waals surface area contributed by atoms with Gasteiger partial charge in [-0.25, -0.2) is 4.39 Å². The van der Waals surface area contributed by atoms with Crippen LogP contribution in [0.1, 0.15) is 6.42 Å². The van der Waals surface area contributed by atoms with Crippen LogP contribution in [0, 0.1) is 15.9 Å². The molecule has 0 aliphatic carbocycles. The topological polar surface area (TPSA) is 123 Å². The van der Waals surface area contributed by atoms with E-state index < -0.39 is 22.6 Å². The number of hydrogen-bond donors (Lipinski definition) is 3. The van der Waals surface area contributed by atoms with Crippen molar-refractivity contribution in [3.63, 3.8) is 0 Å². The average molecular weight is 546 g/mol. The fourth-order valence-corrected chi connectivity index (χ4v) is 3.25. The second-order valence-electron chi connectivity index (χ2n) is 5.79. The minimum atomic E-state index is -0.822. The van der Waals surface area contributed by atoms with Crippen LogP contribution in [0.3, 0.4) is 0 Å². The number of rotatable bonds is 9. The number of benzene rings is 2. The lowest BCUT2D eigenvalue weighted by Gasteiger charge is -2.12. The van der Waals surface area contributed by atoms with Crippen molar-refractivity contribution < 1.29 is 23.6 Å². The lowest BCUT2D eigenvalue weighted by molar-refractivity contribution is -0.384. The molecule has 0 saturated heterocycles. The quantitative estimate of drug-likeness (QED) is 0.325. The van der Waals surface area contributed by atoms with E-state index in [1.165, 1.54) is 0 Å². The number of anilines is 1. The normalized spacial score (nSPS) is 10.1. The molecule has 158 valence electrons. The molecule has 0 aliphatic heterocycles. The number of nitro benzene ring substituents is 1. The maximum atomic E-state index is 13.7. The second-order valence-corrected chi connectivity index (χ2v) is 7.56. The van der Waals surface area contributed by atoms with Gasteiger partial charge in [0.05, 0.1) is 21.5 Å². The first-order valence-corrected chi connectivity index (χ1v) is 9.78. The summed E-state index contributed by atoms with van der Waals surface area (Å²) in [4.78, 5) is 33.9. The van der Waals surface area contributed by atoms with Gasteiger partial charge < -0.3 is 15.5 Å². The van der Waals surface area contributed by atoms with Crippen molar-refractivity contribution in [3.8, 4) is 5.75 Å². The smallest absolute Gasteiger partial charge is 0.276 e. The Kier molecular flexibility index (Phi) is 8.30. The monoisotopic (exact) mass is 544 g/mol. The predicted molar refractivity (Wildman–Crippen MR) is 114 cm³/mol. The van der Waals surface area contributed by atoms with Crippen LogP contribution in [-0.2, 0) is 9.59 Å². The summed E-state index contributed by atoms with van der Waals surface area (Å²) in [7, 11) is 0. The highest BCUT2D eigenvalue weighted by molar-refractivity contribution is 9.11. The molecule has 0 aliphatic rings. The first-order valence-electron chi connectivity index (χ1n) is 8.20. The maximum absolute atomic E-state index is 13.7. The molecule has 2 aromatic carbocycles. The molecule has 2 aromatic rings. The molecule has 0 fully saturated rings. The van der Waals surface area contributed by atoms with Crippen molar-refractivity contribution >= 4 is 55.0 Å². The number of amides is 2. The maximum Gasteiger partial charge on any atom is 0.276 e. The molecule has 0 saturated carbocycles. The van der Waals surface area contributed by atoms with Crippen molar-refractivity contribution in [2.45, 2.75) is 6.42 Å². The van der Waals surface area contributed by atoms with Gasteiger partial charge in [-0.2, -0.15) is 0 Å². The fourth-order valence-electron chi connectivity index (χ4n) is 2.08. The van der Waals surface area contributed by atoms with Gasteiger partial charge in [-0.3, -0.25) is 25.1 Å². The number of nitro groups is 1. The highest BCUT2D eigenvalue weighted by Gasteiger charge is 2.14. The van der Waals surface area contributed by atoms with Crippen LogP contribution in [0.2, 0.25) is 0 Å². The molecular formula is C18H15Br2FN4O5. The largest absolute Gasteiger partial charge is 0.483 e. The average Bonchev–Trinajstić information content (AvgIpc) is 2.67. The van der Waals surface area contributed by atoms with E-state index in [9.17, 15) is 24.1 Å². The van der Waals surface area contributed by atoms with Crippen molar-refractivity contribution in [3.05, 3.63) is 73.6 Å². The summed E-state index contributed by atoms with van der Waals surface area (Å²) in [5, 5.41) is 13.0. The molecule has 3 N–H and O–H groups in total. The molecule has 9 nitrogen and oxygen atoms in total. The number of hydrogen-bond acceptors (Lipinski definition) is 6. The number of carbonyl (C=O) groups is 2. The van der Waals surface area contributed by atoms with Gasteiger partial charge in [0.2, 0.25) is 5.91 Å². The lowest BCUT2D eigenvalue weighted by Crippen LogP contribution is -2.40. The van der Waals surface area contributed by atoms with E-state index >= 15 is 0 Å². The zero-order valence-corrected chi connectivity index (χ0v) is 18.4. The summed E-state index contributed by atoms with van der Waals surface area (Å²) >= 11 is 6.61. The van der Waals surface area contributed by atoms with Gasteiger partial charge in [-0.05, 0) is 40.2 Å². The fraction of sp³-hybridized carbons (Fsp3) is 0.111. The van der Waals surface area contributed by atoms with Crippen LogP contribution < -0.4 is 20.9 Å². The van der Waals surface area contributed by atoms with Gasteiger partial charge >= 0.3 is 0 Å². The Bertz CT molecular complexity index is 1000. The molecule has 0 radical (unpaired) electrons. The summed E-state index contributed by atoms with van der Waals surface area (Å²) in [5.74, 6) is -1.57. The van der Waals surface area contributed by atoms with Crippen LogP contribution >= 0.6 is 31.9 Å². The number of carbonyl (C=O) groups excluding carboxylic acids is 2. The minimum Gasteiger partial charge on any atom is -0.483 e. The lowest BCUT2D eigenvalue weighted by atomic mass is 10.2.